The van der Waals surface area contributed by atoms with Crippen LogP contribution in [0.4, 0.5) is 0 Å². The van der Waals surface area contributed by atoms with Crippen molar-refractivity contribution in [1.29, 1.82) is 0 Å². The van der Waals surface area contributed by atoms with Gasteiger partial charge < -0.3 is 4.57 Å². The van der Waals surface area contributed by atoms with E-state index < -0.39 is 0 Å². The lowest BCUT2D eigenvalue weighted by molar-refractivity contribution is 1.05. The summed E-state index contributed by atoms with van der Waals surface area (Å²) in [4.78, 5) is 4.18. The van der Waals surface area contributed by atoms with Gasteiger partial charge in [0.25, 0.3) is 0 Å². The molecule has 0 spiro atoms. The summed E-state index contributed by atoms with van der Waals surface area (Å²) in [6, 6.07) is 6.17. The second kappa shape index (κ2) is 4.84. The van der Waals surface area contributed by atoms with Gasteiger partial charge >= 0.3 is 0 Å². The van der Waals surface area contributed by atoms with E-state index in [4.69, 9.17) is 11.6 Å². The molecule has 0 aliphatic heterocycles. The Labute approximate surface area is 115 Å². The summed E-state index contributed by atoms with van der Waals surface area (Å²) < 4.78 is 4.20. The summed E-state index contributed by atoms with van der Waals surface area (Å²) in [5, 5.41) is 0. The predicted molar refractivity (Wildman–Crippen MR) is 73.5 cm³/mol. The standard InChI is InChI=1S/C10H7BrClIN2/c11-9-3-7(13)1-2-10(9)15-5-8(4-12)14-6-15/h1-3,5-6H,4H2. The first-order valence-electron chi connectivity index (χ1n) is 4.25. The fraction of sp³-hybridized carbons (Fsp3) is 0.100. The maximum Gasteiger partial charge on any atom is 0.0996 e. The second-order valence-electron chi connectivity index (χ2n) is 3.00. The highest BCUT2D eigenvalue weighted by molar-refractivity contribution is 14.1. The zero-order chi connectivity index (χ0) is 10.8. The zero-order valence-electron chi connectivity index (χ0n) is 7.62. The minimum Gasteiger partial charge on any atom is -0.305 e. The molecule has 2 aromatic rings. The monoisotopic (exact) mass is 396 g/mol. The van der Waals surface area contributed by atoms with Crippen molar-refractivity contribution in [3.8, 4) is 5.69 Å². The molecule has 5 heteroatoms. The first-order valence-corrected chi connectivity index (χ1v) is 6.65. The smallest absolute Gasteiger partial charge is 0.0996 e. The van der Waals surface area contributed by atoms with E-state index in [1.165, 1.54) is 3.57 Å². The Hall–Kier alpha value is -0.0700. The number of nitrogens with zero attached hydrogens (tertiary/aromatic N) is 2. The third-order valence-corrected chi connectivity index (χ3v) is 3.54. The second-order valence-corrected chi connectivity index (χ2v) is 5.37. The van der Waals surface area contributed by atoms with Crippen molar-refractivity contribution in [3.05, 3.63) is 44.5 Å². The van der Waals surface area contributed by atoms with Crippen molar-refractivity contribution in [2.45, 2.75) is 5.88 Å². The Bertz CT molecular complexity index is 484. The van der Waals surface area contributed by atoms with Crippen LogP contribution in [0.25, 0.3) is 5.69 Å². The van der Waals surface area contributed by atoms with Crippen LogP contribution in [0, 0.1) is 3.57 Å². The molecule has 78 valence electrons. The number of halogens is 3. The largest absolute Gasteiger partial charge is 0.305 e. The SMILES string of the molecule is ClCc1cn(-c2ccc(I)cc2Br)cn1. The van der Waals surface area contributed by atoms with Gasteiger partial charge in [-0.05, 0) is 56.7 Å². The van der Waals surface area contributed by atoms with Crippen LogP contribution in [0.3, 0.4) is 0 Å². The van der Waals surface area contributed by atoms with Crippen LogP contribution in [0.5, 0.6) is 0 Å². The molecule has 1 aromatic heterocycles. The summed E-state index contributed by atoms with van der Waals surface area (Å²) in [6.45, 7) is 0. The van der Waals surface area contributed by atoms with Crippen LogP contribution >= 0.6 is 50.1 Å². The number of hydrogen-bond acceptors (Lipinski definition) is 1. The molecule has 0 aliphatic rings. The lowest BCUT2D eigenvalue weighted by Crippen LogP contribution is -1.91. The van der Waals surface area contributed by atoms with Crippen molar-refractivity contribution in [2.75, 3.05) is 0 Å². The highest BCUT2D eigenvalue weighted by atomic mass is 127. The molecule has 1 aromatic carbocycles. The summed E-state index contributed by atoms with van der Waals surface area (Å²) in [7, 11) is 0. The van der Waals surface area contributed by atoms with E-state index in [-0.39, 0.29) is 0 Å². The molecule has 2 rings (SSSR count). The van der Waals surface area contributed by atoms with Gasteiger partial charge in [0.15, 0.2) is 0 Å². The van der Waals surface area contributed by atoms with Gasteiger partial charge in [0.1, 0.15) is 0 Å². The minimum atomic E-state index is 0.439. The minimum absolute atomic E-state index is 0.439. The average molecular weight is 397 g/mol. The van der Waals surface area contributed by atoms with Crippen LogP contribution in [0.15, 0.2) is 35.2 Å². The van der Waals surface area contributed by atoms with Crippen LogP contribution in [-0.4, -0.2) is 9.55 Å². The van der Waals surface area contributed by atoms with E-state index in [2.05, 4.69) is 55.6 Å². The number of alkyl halides is 1. The zero-order valence-corrected chi connectivity index (χ0v) is 12.1. The highest BCUT2D eigenvalue weighted by Gasteiger charge is 2.04. The molecule has 0 bridgehead atoms. The van der Waals surface area contributed by atoms with Crippen LogP contribution in [0.1, 0.15) is 5.69 Å². The van der Waals surface area contributed by atoms with E-state index in [0.29, 0.717) is 5.88 Å². The molecule has 2 nitrogen and oxygen atoms in total. The summed E-state index contributed by atoms with van der Waals surface area (Å²) >= 11 is 11.5. The Kier molecular flexibility index (Phi) is 3.69. The van der Waals surface area contributed by atoms with Gasteiger partial charge in [-0.15, -0.1) is 11.6 Å². The molecule has 1 heterocycles. The number of aromatic nitrogens is 2. The van der Waals surface area contributed by atoms with Gasteiger partial charge in [-0.3, -0.25) is 0 Å². The molecular weight excluding hydrogens is 390 g/mol. The van der Waals surface area contributed by atoms with Gasteiger partial charge in [0.2, 0.25) is 0 Å². The molecule has 0 radical (unpaired) electrons. The maximum absolute atomic E-state index is 5.70. The Balaban J connectivity index is 2.44. The molecule has 0 atom stereocenters. The molecular formula is C10H7BrClIN2. The number of hydrogen-bond donors (Lipinski definition) is 0. The third kappa shape index (κ3) is 2.54. The fourth-order valence-corrected chi connectivity index (χ4v) is 2.90. The van der Waals surface area contributed by atoms with E-state index in [1.54, 1.807) is 6.33 Å². The normalized spacial score (nSPS) is 10.6. The van der Waals surface area contributed by atoms with E-state index >= 15 is 0 Å². The van der Waals surface area contributed by atoms with Crippen molar-refractivity contribution < 1.29 is 0 Å². The number of benzene rings is 1. The quantitative estimate of drug-likeness (QED) is 0.554. The highest BCUT2D eigenvalue weighted by Crippen LogP contribution is 2.23. The van der Waals surface area contributed by atoms with E-state index in [0.717, 1.165) is 15.9 Å². The molecule has 0 saturated heterocycles. The molecule has 0 saturated carbocycles. The van der Waals surface area contributed by atoms with E-state index in [9.17, 15) is 0 Å². The van der Waals surface area contributed by atoms with Gasteiger partial charge in [0.05, 0.1) is 23.6 Å². The summed E-state index contributed by atoms with van der Waals surface area (Å²) in [5.41, 5.74) is 1.95. The first-order chi connectivity index (χ1) is 7.20. The van der Waals surface area contributed by atoms with Gasteiger partial charge in [0, 0.05) is 14.2 Å². The van der Waals surface area contributed by atoms with Crippen molar-refractivity contribution in [3.63, 3.8) is 0 Å². The van der Waals surface area contributed by atoms with Gasteiger partial charge in [-0.25, -0.2) is 4.98 Å². The topological polar surface area (TPSA) is 17.8 Å². The Morgan fingerprint density at radius 2 is 2.27 bits per heavy atom. The van der Waals surface area contributed by atoms with Gasteiger partial charge in [-0.2, -0.15) is 0 Å². The van der Waals surface area contributed by atoms with Crippen molar-refractivity contribution in [2.24, 2.45) is 0 Å². The summed E-state index contributed by atoms with van der Waals surface area (Å²) in [6.07, 6.45) is 3.70. The average Bonchev–Trinajstić information content (AvgIpc) is 2.66. The van der Waals surface area contributed by atoms with Crippen LogP contribution < -0.4 is 0 Å². The Morgan fingerprint density at radius 1 is 1.47 bits per heavy atom. The van der Waals surface area contributed by atoms with Crippen molar-refractivity contribution in [1.82, 2.24) is 9.55 Å². The predicted octanol–water partition coefficient (Wildman–Crippen LogP) is 3.98. The Morgan fingerprint density at radius 3 is 2.87 bits per heavy atom. The maximum atomic E-state index is 5.70. The van der Waals surface area contributed by atoms with Crippen LogP contribution in [0.2, 0.25) is 0 Å². The van der Waals surface area contributed by atoms with Crippen molar-refractivity contribution >= 4 is 50.1 Å². The number of imidazole rings is 1. The van der Waals surface area contributed by atoms with E-state index in [1.807, 2.05) is 16.8 Å². The number of rotatable bonds is 2. The molecule has 0 aliphatic carbocycles. The molecule has 0 fully saturated rings. The summed E-state index contributed by atoms with van der Waals surface area (Å²) in [5.74, 6) is 0.439. The third-order valence-electron chi connectivity index (χ3n) is 1.96. The first kappa shape index (κ1) is 11.4. The molecule has 15 heavy (non-hydrogen) atoms. The van der Waals surface area contributed by atoms with Crippen LogP contribution in [-0.2, 0) is 5.88 Å². The lowest BCUT2D eigenvalue weighted by atomic mass is 10.3. The molecule has 0 unspecified atom stereocenters. The van der Waals surface area contributed by atoms with Gasteiger partial charge in [-0.1, -0.05) is 0 Å². The molecule has 0 amide bonds. The lowest BCUT2D eigenvalue weighted by Gasteiger charge is -2.04. The molecule has 0 N–H and O–H groups in total. The fourth-order valence-electron chi connectivity index (χ4n) is 1.25.